The lowest BCUT2D eigenvalue weighted by atomic mass is 9.49. The van der Waals surface area contributed by atoms with Crippen LogP contribution in [0.4, 0.5) is 5.13 Å². The summed E-state index contributed by atoms with van der Waals surface area (Å²) < 4.78 is 0.913. The highest BCUT2D eigenvalue weighted by Gasteiger charge is 2.54. The highest BCUT2D eigenvalue weighted by Crippen LogP contribution is 2.60. The second-order valence-electron chi connectivity index (χ2n) is 8.80. The molecule has 0 spiro atoms. The summed E-state index contributed by atoms with van der Waals surface area (Å²) in [5.41, 5.74) is 2.42. The molecule has 1 N–H and O–H groups in total. The summed E-state index contributed by atoms with van der Waals surface area (Å²) in [6, 6.07) is 8.57. The van der Waals surface area contributed by atoms with Crippen LogP contribution in [-0.2, 0) is 10.5 Å². The lowest BCUT2D eigenvalue weighted by molar-refractivity contribution is -0.140. The summed E-state index contributed by atoms with van der Waals surface area (Å²) in [6.45, 7) is 2.10. The van der Waals surface area contributed by atoms with Crippen molar-refractivity contribution in [3.8, 4) is 0 Å². The van der Waals surface area contributed by atoms with Gasteiger partial charge in [0.15, 0.2) is 4.34 Å². The van der Waals surface area contributed by atoms with E-state index in [0.717, 1.165) is 47.1 Å². The molecule has 6 heteroatoms. The minimum absolute atomic E-state index is 0.129. The van der Waals surface area contributed by atoms with Crippen molar-refractivity contribution in [2.24, 2.45) is 23.2 Å². The summed E-state index contributed by atoms with van der Waals surface area (Å²) in [5.74, 6) is 3.40. The van der Waals surface area contributed by atoms with Crippen LogP contribution in [0.1, 0.15) is 49.7 Å². The van der Waals surface area contributed by atoms with Crippen molar-refractivity contribution in [2.75, 3.05) is 5.32 Å². The average Bonchev–Trinajstić information content (AvgIpc) is 3.07. The van der Waals surface area contributed by atoms with E-state index in [1.54, 1.807) is 11.8 Å². The fraction of sp³-hybridized carbons (Fsp3) is 0.571. The zero-order chi connectivity index (χ0) is 18.4. The maximum absolute atomic E-state index is 13.1. The Hall–Kier alpha value is -1.40. The minimum atomic E-state index is -0.129. The summed E-state index contributed by atoms with van der Waals surface area (Å²) in [4.78, 5) is 13.1. The second-order valence-corrected chi connectivity index (χ2v) is 11.0. The van der Waals surface area contributed by atoms with Crippen LogP contribution in [-0.4, -0.2) is 16.1 Å². The van der Waals surface area contributed by atoms with Gasteiger partial charge in [0.05, 0.1) is 5.41 Å². The van der Waals surface area contributed by atoms with E-state index in [9.17, 15) is 4.79 Å². The first kappa shape index (κ1) is 17.7. The maximum atomic E-state index is 13.1. The molecule has 4 saturated carbocycles. The van der Waals surface area contributed by atoms with Gasteiger partial charge in [-0.15, -0.1) is 10.2 Å². The molecule has 0 aliphatic heterocycles. The van der Waals surface area contributed by atoms with Gasteiger partial charge >= 0.3 is 0 Å². The van der Waals surface area contributed by atoms with Crippen molar-refractivity contribution in [3.05, 3.63) is 35.4 Å². The van der Waals surface area contributed by atoms with Crippen molar-refractivity contribution in [1.82, 2.24) is 10.2 Å². The highest BCUT2D eigenvalue weighted by molar-refractivity contribution is 8.00. The van der Waals surface area contributed by atoms with E-state index in [1.165, 1.54) is 41.7 Å². The van der Waals surface area contributed by atoms with Gasteiger partial charge in [-0.25, -0.2) is 0 Å². The van der Waals surface area contributed by atoms with Crippen LogP contribution >= 0.6 is 23.1 Å². The molecule has 1 amide bonds. The molecule has 1 aromatic carbocycles. The number of carbonyl (C=O) groups excluding carboxylic acids is 1. The Kier molecular flexibility index (Phi) is 4.51. The Morgan fingerprint density at radius 3 is 2.37 bits per heavy atom. The van der Waals surface area contributed by atoms with Gasteiger partial charge < -0.3 is 5.32 Å². The van der Waals surface area contributed by atoms with Crippen LogP contribution in [0, 0.1) is 30.1 Å². The minimum Gasteiger partial charge on any atom is -0.300 e. The first-order valence-electron chi connectivity index (χ1n) is 9.91. The van der Waals surface area contributed by atoms with Gasteiger partial charge in [-0.05, 0) is 68.8 Å². The lowest BCUT2D eigenvalue weighted by Gasteiger charge is -2.55. The summed E-state index contributed by atoms with van der Waals surface area (Å²) in [6.07, 6.45) is 7.30. The summed E-state index contributed by atoms with van der Waals surface area (Å²) >= 11 is 3.18. The van der Waals surface area contributed by atoms with E-state index in [0.29, 0.717) is 5.13 Å². The van der Waals surface area contributed by atoms with E-state index >= 15 is 0 Å². The molecule has 4 bridgehead atoms. The predicted molar refractivity (Wildman–Crippen MR) is 110 cm³/mol. The molecule has 0 saturated heterocycles. The lowest BCUT2D eigenvalue weighted by Crippen LogP contribution is -2.51. The van der Waals surface area contributed by atoms with Crippen molar-refractivity contribution < 1.29 is 4.79 Å². The number of hydrogen-bond donors (Lipinski definition) is 1. The Balaban J connectivity index is 1.22. The van der Waals surface area contributed by atoms with Crippen molar-refractivity contribution in [3.63, 3.8) is 0 Å². The SMILES string of the molecule is Cc1ccc(CSc2nnc(NC(=O)C34CC5CC(CC(C5)C3)C4)s2)cc1. The Labute approximate surface area is 168 Å². The van der Waals surface area contributed by atoms with Gasteiger partial charge in [0, 0.05) is 5.75 Å². The molecule has 142 valence electrons. The molecule has 1 heterocycles. The van der Waals surface area contributed by atoms with E-state index in [1.807, 2.05) is 0 Å². The monoisotopic (exact) mass is 399 g/mol. The number of carbonyl (C=O) groups is 1. The molecule has 4 nitrogen and oxygen atoms in total. The molecular formula is C21H25N3OS2. The summed E-state index contributed by atoms with van der Waals surface area (Å²) in [5, 5.41) is 12.3. The van der Waals surface area contributed by atoms with Crippen molar-refractivity contribution in [2.45, 2.75) is 55.5 Å². The highest BCUT2D eigenvalue weighted by atomic mass is 32.2. The number of amides is 1. The smallest absolute Gasteiger partial charge is 0.232 e. The van der Waals surface area contributed by atoms with Crippen LogP contribution in [0.15, 0.2) is 28.6 Å². The fourth-order valence-electron chi connectivity index (χ4n) is 5.77. The van der Waals surface area contributed by atoms with Crippen LogP contribution < -0.4 is 5.32 Å². The van der Waals surface area contributed by atoms with Gasteiger partial charge in [-0.2, -0.15) is 0 Å². The average molecular weight is 400 g/mol. The Morgan fingerprint density at radius 2 is 1.74 bits per heavy atom. The zero-order valence-corrected chi connectivity index (χ0v) is 17.2. The van der Waals surface area contributed by atoms with Crippen LogP contribution in [0.5, 0.6) is 0 Å². The molecule has 0 radical (unpaired) electrons. The van der Waals surface area contributed by atoms with E-state index in [2.05, 4.69) is 46.7 Å². The van der Waals surface area contributed by atoms with Gasteiger partial charge in [0.1, 0.15) is 0 Å². The van der Waals surface area contributed by atoms with Gasteiger partial charge in [-0.1, -0.05) is 52.9 Å². The summed E-state index contributed by atoms with van der Waals surface area (Å²) in [7, 11) is 0. The van der Waals surface area contributed by atoms with Crippen LogP contribution in [0.3, 0.4) is 0 Å². The molecule has 4 aliphatic rings. The van der Waals surface area contributed by atoms with Crippen LogP contribution in [0.25, 0.3) is 0 Å². The third-order valence-corrected chi connectivity index (χ3v) is 8.67. The van der Waals surface area contributed by atoms with E-state index in [4.69, 9.17) is 0 Å². The number of thioether (sulfide) groups is 1. The topological polar surface area (TPSA) is 54.9 Å². The van der Waals surface area contributed by atoms with Crippen LogP contribution in [0.2, 0.25) is 0 Å². The van der Waals surface area contributed by atoms with Crippen molar-refractivity contribution >= 4 is 34.1 Å². The Bertz CT molecular complexity index is 810. The first-order chi connectivity index (χ1) is 13.1. The molecule has 0 unspecified atom stereocenters. The predicted octanol–water partition coefficient (Wildman–Crippen LogP) is 5.29. The second kappa shape index (κ2) is 6.89. The largest absolute Gasteiger partial charge is 0.300 e. The number of rotatable bonds is 5. The van der Waals surface area contributed by atoms with Gasteiger partial charge in [0.25, 0.3) is 0 Å². The number of aromatic nitrogens is 2. The number of benzene rings is 1. The first-order valence-corrected chi connectivity index (χ1v) is 11.7. The molecule has 27 heavy (non-hydrogen) atoms. The molecule has 2 aromatic rings. The van der Waals surface area contributed by atoms with E-state index < -0.39 is 0 Å². The van der Waals surface area contributed by atoms with Crippen molar-refractivity contribution in [1.29, 1.82) is 0 Å². The number of anilines is 1. The third-order valence-electron chi connectivity index (χ3n) is 6.63. The standard InChI is InChI=1S/C21H25N3OS2/c1-13-2-4-14(5-3-13)12-26-20-24-23-19(27-20)22-18(25)21-9-15-6-16(10-21)8-17(7-15)11-21/h2-5,15-17H,6-12H2,1H3,(H,22,23,25). The number of nitrogens with one attached hydrogen (secondary N) is 1. The number of hydrogen-bond acceptors (Lipinski definition) is 5. The molecule has 4 fully saturated rings. The molecule has 1 aromatic heterocycles. The van der Waals surface area contributed by atoms with E-state index in [-0.39, 0.29) is 11.3 Å². The third kappa shape index (κ3) is 3.54. The molecular weight excluding hydrogens is 374 g/mol. The molecule has 4 aliphatic carbocycles. The normalized spacial score (nSPS) is 31.2. The maximum Gasteiger partial charge on any atom is 0.232 e. The fourth-order valence-corrected chi connectivity index (χ4v) is 7.47. The Morgan fingerprint density at radius 1 is 1.11 bits per heavy atom. The van der Waals surface area contributed by atoms with Gasteiger partial charge in [0.2, 0.25) is 11.0 Å². The zero-order valence-electron chi connectivity index (χ0n) is 15.6. The van der Waals surface area contributed by atoms with Gasteiger partial charge in [-0.3, -0.25) is 4.79 Å². The molecule has 6 rings (SSSR count). The number of nitrogens with zero attached hydrogens (tertiary/aromatic N) is 2. The quantitative estimate of drug-likeness (QED) is 0.548. The molecule has 0 atom stereocenters. The number of aryl methyl sites for hydroxylation is 1.